The number of para-hydroxylation sites is 2. The Kier molecular flexibility index (Phi) is 5.22. The van der Waals surface area contributed by atoms with E-state index in [4.69, 9.17) is 10.8 Å². The van der Waals surface area contributed by atoms with Crippen molar-refractivity contribution in [1.29, 1.82) is 0 Å². The number of anilines is 2. The highest BCUT2D eigenvalue weighted by molar-refractivity contribution is 6.05. The molecule has 0 spiro atoms. The van der Waals surface area contributed by atoms with Crippen molar-refractivity contribution in [2.45, 2.75) is 0 Å². The smallest absolute Gasteiger partial charge is 0.335 e. The summed E-state index contributed by atoms with van der Waals surface area (Å²) in [5.74, 6) is -1.27. The molecule has 3 aromatic carbocycles. The molecule has 0 aliphatic carbocycles. The van der Waals surface area contributed by atoms with E-state index in [-0.39, 0.29) is 11.5 Å². The SMILES string of the molecule is Nc1ccccc1NC(=O)c1ccc(/N=N/c2ccc(C(=O)O)cc2)cc1. The number of rotatable bonds is 5. The molecule has 0 heterocycles. The second-order valence-corrected chi connectivity index (χ2v) is 5.64. The Morgan fingerprint density at radius 2 is 1.30 bits per heavy atom. The van der Waals surface area contributed by atoms with Crippen LogP contribution in [0.5, 0.6) is 0 Å². The maximum atomic E-state index is 12.3. The first-order valence-electron chi connectivity index (χ1n) is 8.04. The van der Waals surface area contributed by atoms with Crippen LogP contribution in [0.1, 0.15) is 20.7 Å². The van der Waals surface area contributed by atoms with Crippen molar-refractivity contribution in [2.24, 2.45) is 10.2 Å². The zero-order valence-electron chi connectivity index (χ0n) is 14.2. The monoisotopic (exact) mass is 360 g/mol. The third kappa shape index (κ3) is 4.55. The maximum Gasteiger partial charge on any atom is 0.335 e. The predicted molar refractivity (Wildman–Crippen MR) is 103 cm³/mol. The molecule has 0 atom stereocenters. The topological polar surface area (TPSA) is 117 Å². The third-order valence-electron chi connectivity index (χ3n) is 3.73. The Morgan fingerprint density at radius 3 is 1.81 bits per heavy atom. The van der Waals surface area contributed by atoms with Crippen LogP contribution in [0.3, 0.4) is 0 Å². The summed E-state index contributed by atoms with van der Waals surface area (Å²) >= 11 is 0. The maximum absolute atomic E-state index is 12.3. The highest BCUT2D eigenvalue weighted by Gasteiger charge is 2.07. The van der Waals surface area contributed by atoms with Gasteiger partial charge in [0.2, 0.25) is 0 Å². The summed E-state index contributed by atoms with van der Waals surface area (Å²) < 4.78 is 0. The van der Waals surface area contributed by atoms with E-state index < -0.39 is 5.97 Å². The van der Waals surface area contributed by atoms with Crippen molar-refractivity contribution >= 4 is 34.6 Å². The molecule has 134 valence electrons. The van der Waals surface area contributed by atoms with Gasteiger partial charge in [0.05, 0.1) is 28.3 Å². The molecule has 3 aromatic rings. The van der Waals surface area contributed by atoms with Gasteiger partial charge in [0.15, 0.2) is 0 Å². The summed E-state index contributed by atoms with van der Waals surface area (Å²) in [4.78, 5) is 23.1. The Labute approximate surface area is 155 Å². The van der Waals surface area contributed by atoms with Gasteiger partial charge in [-0.05, 0) is 60.7 Å². The number of carbonyl (C=O) groups is 2. The van der Waals surface area contributed by atoms with Gasteiger partial charge < -0.3 is 16.2 Å². The second-order valence-electron chi connectivity index (χ2n) is 5.64. The summed E-state index contributed by atoms with van der Waals surface area (Å²) in [6.45, 7) is 0. The third-order valence-corrected chi connectivity index (χ3v) is 3.73. The van der Waals surface area contributed by atoms with Crippen molar-refractivity contribution in [2.75, 3.05) is 11.1 Å². The van der Waals surface area contributed by atoms with Gasteiger partial charge in [-0.2, -0.15) is 10.2 Å². The molecule has 7 nitrogen and oxygen atoms in total. The molecule has 0 saturated carbocycles. The zero-order chi connectivity index (χ0) is 19.2. The van der Waals surface area contributed by atoms with E-state index >= 15 is 0 Å². The standard InChI is InChI=1S/C20H16N4O3/c21-17-3-1-2-4-18(17)22-19(25)13-5-9-15(10-6-13)23-24-16-11-7-14(8-12-16)20(26)27/h1-12H,21H2,(H,22,25)(H,26,27)/b24-23+. The first-order chi connectivity index (χ1) is 13.0. The fourth-order valence-electron chi connectivity index (χ4n) is 2.27. The van der Waals surface area contributed by atoms with Crippen molar-refractivity contribution in [1.82, 2.24) is 0 Å². The Bertz CT molecular complexity index is 996. The highest BCUT2D eigenvalue weighted by Crippen LogP contribution is 2.21. The van der Waals surface area contributed by atoms with Crippen molar-refractivity contribution in [3.63, 3.8) is 0 Å². The largest absolute Gasteiger partial charge is 0.478 e. The van der Waals surface area contributed by atoms with Crippen LogP contribution >= 0.6 is 0 Å². The molecule has 27 heavy (non-hydrogen) atoms. The molecule has 0 radical (unpaired) electrons. The van der Waals surface area contributed by atoms with Gasteiger partial charge >= 0.3 is 5.97 Å². The highest BCUT2D eigenvalue weighted by atomic mass is 16.4. The Morgan fingerprint density at radius 1 is 0.778 bits per heavy atom. The van der Waals surface area contributed by atoms with E-state index in [1.165, 1.54) is 12.1 Å². The van der Waals surface area contributed by atoms with Gasteiger partial charge in [0.1, 0.15) is 0 Å². The summed E-state index contributed by atoms with van der Waals surface area (Å²) in [5.41, 5.74) is 8.60. The number of nitrogens with two attached hydrogens (primary N) is 1. The number of nitrogens with one attached hydrogen (secondary N) is 1. The molecular formula is C20H16N4O3. The number of nitrogen functional groups attached to an aromatic ring is 1. The van der Waals surface area contributed by atoms with E-state index in [2.05, 4.69) is 15.5 Å². The lowest BCUT2D eigenvalue weighted by atomic mass is 10.2. The normalized spacial score (nSPS) is 10.7. The van der Waals surface area contributed by atoms with Crippen molar-refractivity contribution in [3.8, 4) is 0 Å². The molecule has 7 heteroatoms. The van der Waals surface area contributed by atoms with Gasteiger partial charge in [-0.25, -0.2) is 4.79 Å². The minimum atomic E-state index is -0.996. The quantitative estimate of drug-likeness (QED) is 0.454. The van der Waals surface area contributed by atoms with Crippen LogP contribution in [-0.2, 0) is 0 Å². The van der Waals surface area contributed by atoms with Gasteiger partial charge in [0.25, 0.3) is 5.91 Å². The van der Waals surface area contributed by atoms with Crippen LogP contribution < -0.4 is 11.1 Å². The lowest BCUT2D eigenvalue weighted by molar-refractivity contribution is 0.0696. The molecule has 0 fully saturated rings. The van der Waals surface area contributed by atoms with Crippen LogP contribution in [0.25, 0.3) is 0 Å². The average molecular weight is 360 g/mol. The van der Waals surface area contributed by atoms with E-state index in [1.807, 2.05) is 0 Å². The molecule has 0 saturated heterocycles. The predicted octanol–water partition coefficient (Wildman–Crippen LogP) is 4.63. The summed E-state index contributed by atoms with van der Waals surface area (Å²) in [7, 11) is 0. The van der Waals surface area contributed by atoms with Crippen molar-refractivity contribution in [3.05, 3.63) is 83.9 Å². The molecule has 0 aliphatic rings. The number of aromatic carboxylic acids is 1. The van der Waals surface area contributed by atoms with Gasteiger partial charge in [-0.3, -0.25) is 4.79 Å². The zero-order valence-corrected chi connectivity index (χ0v) is 14.2. The van der Waals surface area contributed by atoms with Crippen LogP contribution in [0.2, 0.25) is 0 Å². The average Bonchev–Trinajstić information content (AvgIpc) is 2.69. The molecule has 0 aromatic heterocycles. The van der Waals surface area contributed by atoms with Crippen LogP contribution in [-0.4, -0.2) is 17.0 Å². The van der Waals surface area contributed by atoms with Crippen LogP contribution in [0.4, 0.5) is 22.7 Å². The summed E-state index contributed by atoms with van der Waals surface area (Å²) in [5, 5.41) is 19.7. The first kappa shape index (κ1) is 17.8. The molecular weight excluding hydrogens is 344 g/mol. The lowest BCUT2D eigenvalue weighted by Gasteiger charge is -2.07. The number of nitrogens with zero attached hydrogens (tertiary/aromatic N) is 2. The number of amides is 1. The number of azo groups is 1. The van der Waals surface area contributed by atoms with E-state index in [0.717, 1.165) is 0 Å². The first-order valence-corrected chi connectivity index (χ1v) is 8.04. The van der Waals surface area contributed by atoms with E-state index in [1.54, 1.807) is 60.7 Å². The van der Waals surface area contributed by atoms with Gasteiger partial charge in [0, 0.05) is 5.56 Å². The Balaban J connectivity index is 1.67. The van der Waals surface area contributed by atoms with Crippen LogP contribution in [0.15, 0.2) is 83.0 Å². The number of hydrogen-bond donors (Lipinski definition) is 3. The fraction of sp³-hybridized carbons (Fsp3) is 0. The number of hydrogen-bond acceptors (Lipinski definition) is 5. The Hall–Kier alpha value is -4.00. The van der Waals surface area contributed by atoms with Gasteiger partial charge in [-0.15, -0.1) is 0 Å². The van der Waals surface area contributed by atoms with E-state index in [9.17, 15) is 9.59 Å². The molecule has 1 amide bonds. The minimum Gasteiger partial charge on any atom is -0.478 e. The summed E-state index contributed by atoms with van der Waals surface area (Å²) in [6, 6.07) is 19.7. The minimum absolute atomic E-state index is 0.184. The number of benzene rings is 3. The molecule has 0 unspecified atom stereocenters. The lowest BCUT2D eigenvalue weighted by Crippen LogP contribution is -2.12. The second kappa shape index (κ2) is 7.92. The van der Waals surface area contributed by atoms with Crippen molar-refractivity contribution < 1.29 is 14.7 Å². The van der Waals surface area contributed by atoms with Crippen LogP contribution in [0, 0.1) is 0 Å². The summed E-state index contributed by atoms with van der Waals surface area (Å²) in [6.07, 6.45) is 0. The number of carbonyl (C=O) groups excluding carboxylic acids is 1. The molecule has 0 bridgehead atoms. The molecule has 4 N–H and O–H groups in total. The van der Waals surface area contributed by atoms with Gasteiger partial charge in [-0.1, -0.05) is 12.1 Å². The molecule has 3 rings (SSSR count). The van der Waals surface area contributed by atoms with E-state index in [0.29, 0.717) is 28.3 Å². The number of carboxylic acid groups (broad SMARTS) is 1. The number of carboxylic acids is 1. The molecule has 0 aliphatic heterocycles. The fourth-order valence-corrected chi connectivity index (χ4v) is 2.27.